The number of carbonyl (C=O) groups excluding carboxylic acids is 3. The second kappa shape index (κ2) is 10.9. The number of aromatic nitrogens is 1. The van der Waals surface area contributed by atoms with Crippen molar-refractivity contribution in [1.29, 1.82) is 0 Å². The molecule has 0 atom stereocenters. The summed E-state index contributed by atoms with van der Waals surface area (Å²) in [6, 6.07) is 15.1. The summed E-state index contributed by atoms with van der Waals surface area (Å²) in [6.45, 7) is 2.39. The van der Waals surface area contributed by atoms with Crippen molar-refractivity contribution in [3.8, 4) is 0 Å². The molecule has 2 amide bonds. The summed E-state index contributed by atoms with van der Waals surface area (Å²) in [5.74, 6) is 0.0220. The fraction of sp³-hybridized carbons (Fsp3) is 0.364. The van der Waals surface area contributed by atoms with Gasteiger partial charge in [0.05, 0.1) is 12.8 Å². The first-order valence-corrected chi connectivity index (χ1v) is 10.0. The Morgan fingerprint density at radius 3 is 2.40 bits per heavy atom. The second-order valence-corrected chi connectivity index (χ2v) is 6.98. The predicted octanol–water partition coefficient (Wildman–Crippen LogP) is 1.02. The monoisotopic (exact) mass is 410 g/mol. The van der Waals surface area contributed by atoms with E-state index in [4.69, 9.17) is 4.74 Å². The van der Waals surface area contributed by atoms with Crippen LogP contribution in [0.2, 0.25) is 0 Å². The third-order valence-corrected chi connectivity index (χ3v) is 4.82. The van der Waals surface area contributed by atoms with Gasteiger partial charge in [-0.3, -0.25) is 14.4 Å². The van der Waals surface area contributed by atoms with Crippen LogP contribution in [0.1, 0.15) is 12.0 Å². The molecule has 8 heteroatoms. The SMILES string of the molecule is O=C(Cc1ccccc1)NCCC(=O)OCC(=O)N1CCN(c2ccccn2)CC1. The first-order chi connectivity index (χ1) is 14.6. The first-order valence-electron chi connectivity index (χ1n) is 10.0. The van der Waals surface area contributed by atoms with E-state index in [2.05, 4.69) is 15.2 Å². The normalized spacial score (nSPS) is 13.6. The number of ether oxygens (including phenoxy) is 1. The Hall–Kier alpha value is -3.42. The van der Waals surface area contributed by atoms with Gasteiger partial charge in [-0.25, -0.2) is 4.98 Å². The van der Waals surface area contributed by atoms with Crippen LogP contribution in [-0.4, -0.2) is 67.0 Å². The van der Waals surface area contributed by atoms with Crippen molar-refractivity contribution in [3.63, 3.8) is 0 Å². The number of nitrogens with zero attached hydrogens (tertiary/aromatic N) is 3. The van der Waals surface area contributed by atoms with E-state index in [0.29, 0.717) is 26.2 Å². The van der Waals surface area contributed by atoms with Gasteiger partial charge in [-0.2, -0.15) is 0 Å². The van der Waals surface area contributed by atoms with E-state index in [0.717, 1.165) is 11.4 Å². The zero-order chi connectivity index (χ0) is 21.2. The molecule has 1 N–H and O–H groups in total. The second-order valence-electron chi connectivity index (χ2n) is 6.98. The Balaban J connectivity index is 1.29. The van der Waals surface area contributed by atoms with E-state index in [1.807, 2.05) is 48.5 Å². The molecular formula is C22H26N4O4. The number of pyridine rings is 1. The van der Waals surface area contributed by atoms with Crippen LogP contribution < -0.4 is 10.2 Å². The summed E-state index contributed by atoms with van der Waals surface area (Å²) in [7, 11) is 0. The molecular weight excluding hydrogens is 384 g/mol. The lowest BCUT2D eigenvalue weighted by Gasteiger charge is -2.35. The molecule has 158 valence electrons. The van der Waals surface area contributed by atoms with Crippen molar-refractivity contribution in [3.05, 3.63) is 60.3 Å². The molecule has 0 aliphatic carbocycles. The Labute approximate surface area is 175 Å². The van der Waals surface area contributed by atoms with Crippen molar-refractivity contribution in [1.82, 2.24) is 15.2 Å². The number of hydrogen-bond donors (Lipinski definition) is 1. The van der Waals surface area contributed by atoms with Gasteiger partial charge in [0.25, 0.3) is 5.91 Å². The smallest absolute Gasteiger partial charge is 0.308 e. The Bertz CT molecular complexity index is 837. The average Bonchev–Trinajstić information content (AvgIpc) is 2.79. The number of piperazine rings is 1. The van der Waals surface area contributed by atoms with Crippen molar-refractivity contribution in [2.45, 2.75) is 12.8 Å². The summed E-state index contributed by atoms with van der Waals surface area (Å²) in [5.41, 5.74) is 0.909. The fourth-order valence-corrected chi connectivity index (χ4v) is 3.18. The van der Waals surface area contributed by atoms with E-state index in [9.17, 15) is 14.4 Å². The minimum Gasteiger partial charge on any atom is -0.456 e. The molecule has 0 unspecified atom stereocenters. The quantitative estimate of drug-likeness (QED) is 0.654. The highest BCUT2D eigenvalue weighted by molar-refractivity contribution is 5.81. The van der Waals surface area contributed by atoms with Gasteiger partial charge in [0.1, 0.15) is 5.82 Å². The van der Waals surface area contributed by atoms with Gasteiger partial charge in [0, 0.05) is 38.9 Å². The highest BCUT2D eigenvalue weighted by Gasteiger charge is 2.22. The third-order valence-electron chi connectivity index (χ3n) is 4.82. The van der Waals surface area contributed by atoms with E-state index < -0.39 is 5.97 Å². The zero-order valence-electron chi connectivity index (χ0n) is 16.8. The minimum atomic E-state index is -0.504. The molecule has 3 rings (SSSR count). The van der Waals surface area contributed by atoms with Crippen LogP contribution in [0.15, 0.2) is 54.7 Å². The number of esters is 1. The number of amides is 2. The van der Waals surface area contributed by atoms with Gasteiger partial charge in [-0.1, -0.05) is 36.4 Å². The first kappa shape index (κ1) is 21.3. The highest BCUT2D eigenvalue weighted by Crippen LogP contribution is 2.12. The van der Waals surface area contributed by atoms with E-state index in [-0.39, 0.29) is 37.8 Å². The van der Waals surface area contributed by atoms with E-state index in [1.54, 1.807) is 11.1 Å². The Morgan fingerprint density at radius 1 is 0.967 bits per heavy atom. The molecule has 1 aliphatic heterocycles. The van der Waals surface area contributed by atoms with Gasteiger partial charge < -0.3 is 19.9 Å². The fourth-order valence-electron chi connectivity index (χ4n) is 3.18. The lowest BCUT2D eigenvalue weighted by Crippen LogP contribution is -2.50. The summed E-state index contributed by atoms with van der Waals surface area (Å²) in [5, 5.41) is 2.69. The predicted molar refractivity (Wildman–Crippen MR) is 112 cm³/mol. The van der Waals surface area contributed by atoms with Crippen LogP contribution >= 0.6 is 0 Å². The number of rotatable bonds is 8. The lowest BCUT2D eigenvalue weighted by molar-refractivity contribution is -0.152. The third kappa shape index (κ3) is 6.58. The molecule has 1 saturated heterocycles. The molecule has 30 heavy (non-hydrogen) atoms. The van der Waals surface area contributed by atoms with Crippen molar-refractivity contribution >= 4 is 23.6 Å². The number of carbonyl (C=O) groups is 3. The maximum absolute atomic E-state index is 12.3. The maximum atomic E-state index is 12.3. The zero-order valence-corrected chi connectivity index (χ0v) is 16.8. The van der Waals surface area contributed by atoms with Crippen molar-refractivity contribution < 1.29 is 19.1 Å². The molecule has 2 heterocycles. The van der Waals surface area contributed by atoms with Gasteiger partial charge in [-0.05, 0) is 17.7 Å². The van der Waals surface area contributed by atoms with Crippen LogP contribution in [0, 0.1) is 0 Å². The number of anilines is 1. The number of hydrogen-bond acceptors (Lipinski definition) is 6. The van der Waals surface area contributed by atoms with E-state index in [1.165, 1.54) is 0 Å². The minimum absolute atomic E-state index is 0.0290. The molecule has 1 fully saturated rings. The maximum Gasteiger partial charge on any atom is 0.308 e. The summed E-state index contributed by atoms with van der Waals surface area (Å²) in [6.07, 6.45) is 2.04. The van der Waals surface area contributed by atoms with Crippen LogP contribution in [0.25, 0.3) is 0 Å². The van der Waals surface area contributed by atoms with Crippen molar-refractivity contribution in [2.24, 2.45) is 0 Å². The lowest BCUT2D eigenvalue weighted by atomic mass is 10.1. The number of benzene rings is 1. The van der Waals surface area contributed by atoms with Crippen LogP contribution in [0.3, 0.4) is 0 Å². The van der Waals surface area contributed by atoms with Gasteiger partial charge in [0.15, 0.2) is 6.61 Å². The van der Waals surface area contributed by atoms with Crippen LogP contribution in [0.5, 0.6) is 0 Å². The van der Waals surface area contributed by atoms with Gasteiger partial charge in [-0.15, -0.1) is 0 Å². The molecule has 0 saturated carbocycles. The highest BCUT2D eigenvalue weighted by atomic mass is 16.5. The molecule has 2 aromatic rings. The molecule has 1 aromatic carbocycles. The standard InChI is InChI=1S/C22H26N4O4/c27-20(16-18-6-2-1-3-7-18)24-11-9-22(29)30-17-21(28)26-14-12-25(13-15-26)19-8-4-5-10-23-19/h1-8,10H,9,11-17H2,(H,24,27). The Kier molecular flexibility index (Phi) is 7.77. The summed E-state index contributed by atoms with van der Waals surface area (Å²) >= 11 is 0. The van der Waals surface area contributed by atoms with Gasteiger partial charge in [0.2, 0.25) is 5.91 Å². The van der Waals surface area contributed by atoms with Crippen molar-refractivity contribution in [2.75, 3.05) is 44.2 Å². The molecule has 1 aromatic heterocycles. The molecule has 1 aliphatic rings. The molecule has 0 spiro atoms. The molecule has 0 radical (unpaired) electrons. The van der Waals surface area contributed by atoms with Crippen LogP contribution in [-0.2, 0) is 25.5 Å². The van der Waals surface area contributed by atoms with Gasteiger partial charge >= 0.3 is 5.97 Å². The number of nitrogens with one attached hydrogen (secondary N) is 1. The Morgan fingerprint density at radius 2 is 1.70 bits per heavy atom. The largest absolute Gasteiger partial charge is 0.456 e. The van der Waals surface area contributed by atoms with Crippen LogP contribution in [0.4, 0.5) is 5.82 Å². The summed E-state index contributed by atoms with van der Waals surface area (Å²) in [4.78, 5) is 44.1. The van der Waals surface area contributed by atoms with E-state index >= 15 is 0 Å². The molecule has 8 nitrogen and oxygen atoms in total. The average molecular weight is 410 g/mol. The molecule has 0 bridgehead atoms. The summed E-state index contributed by atoms with van der Waals surface area (Å²) < 4.78 is 5.06. The topological polar surface area (TPSA) is 91.8 Å².